The maximum absolute atomic E-state index is 14.7. The van der Waals surface area contributed by atoms with Gasteiger partial charge in [0.2, 0.25) is 0 Å². The first-order valence-corrected chi connectivity index (χ1v) is 9.06. The maximum Gasteiger partial charge on any atom is 0.473 e. The summed E-state index contributed by atoms with van der Waals surface area (Å²) in [6, 6.07) is 0. The second-order valence-electron chi connectivity index (χ2n) is 8.09. The molecule has 0 aromatic carbocycles. The molecule has 1 aliphatic carbocycles. The molecule has 1 fully saturated rings. The van der Waals surface area contributed by atoms with Gasteiger partial charge in [-0.3, -0.25) is 0 Å². The molecule has 25 heteroatoms. The highest BCUT2D eigenvalue weighted by Crippen LogP contribution is 2.75. The van der Waals surface area contributed by atoms with Crippen LogP contribution in [0.1, 0.15) is 6.92 Å². The Kier molecular flexibility index (Phi) is 7.67. The van der Waals surface area contributed by atoms with Gasteiger partial charge < -0.3 is 4.74 Å². The van der Waals surface area contributed by atoms with Gasteiger partial charge in [-0.05, 0) is 6.92 Å². The molecule has 0 saturated heterocycles. The normalized spacial score (nSPS) is 25.2. The summed E-state index contributed by atoms with van der Waals surface area (Å²) >= 11 is 0. The van der Waals surface area contributed by atoms with Gasteiger partial charge in [-0.25, -0.2) is 9.18 Å². The zero-order valence-corrected chi connectivity index (χ0v) is 18.2. The first-order chi connectivity index (χ1) is 17.3. The molecule has 41 heavy (non-hydrogen) atoms. The number of esters is 1. The molecule has 0 unspecified atom stereocenters. The lowest BCUT2D eigenvalue weighted by Gasteiger charge is -2.48. The number of carbonyl (C=O) groups is 1. The molecular formula is C16H5F23O2. The van der Waals surface area contributed by atoms with Crippen molar-refractivity contribution in [2.45, 2.75) is 77.9 Å². The van der Waals surface area contributed by atoms with E-state index in [1.54, 1.807) is 0 Å². The highest BCUT2D eigenvalue weighted by atomic mass is 19.4. The molecule has 2 nitrogen and oxygen atoms in total. The van der Waals surface area contributed by atoms with Crippen LogP contribution in [-0.2, 0) is 9.53 Å². The van der Waals surface area contributed by atoms with Crippen LogP contribution in [0.15, 0.2) is 12.2 Å². The van der Waals surface area contributed by atoms with Crippen LogP contribution in [0.4, 0.5) is 101 Å². The quantitative estimate of drug-likeness (QED) is 0.120. The lowest BCUT2D eigenvalue weighted by Crippen LogP contribution is -2.81. The minimum atomic E-state index is -9.89. The Morgan fingerprint density at radius 1 is 0.512 bits per heavy atom. The summed E-state index contributed by atoms with van der Waals surface area (Å²) in [5.41, 5.74) is -11.4. The highest BCUT2D eigenvalue weighted by Gasteiger charge is 3.08. The van der Waals surface area contributed by atoms with Gasteiger partial charge in [0.1, 0.15) is 0 Å². The Labute approximate surface area is 208 Å². The van der Waals surface area contributed by atoms with Crippen LogP contribution in [0.25, 0.3) is 0 Å². The van der Waals surface area contributed by atoms with E-state index in [-0.39, 0.29) is 6.92 Å². The molecule has 1 rings (SSSR count). The van der Waals surface area contributed by atoms with Gasteiger partial charge in [0, 0.05) is 5.57 Å². The summed E-state index contributed by atoms with van der Waals surface area (Å²) in [6.45, 7) is 2.56. The summed E-state index contributed by atoms with van der Waals surface area (Å²) in [7, 11) is 0. The first-order valence-electron chi connectivity index (χ1n) is 9.06. The third kappa shape index (κ3) is 3.63. The van der Waals surface area contributed by atoms with E-state index >= 15 is 0 Å². The van der Waals surface area contributed by atoms with Gasteiger partial charge >= 0.3 is 77.0 Å². The molecule has 1 saturated carbocycles. The van der Waals surface area contributed by atoms with Gasteiger partial charge in [-0.2, -0.15) is 96.6 Å². The maximum atomic E-state index is 14.7. The number of halogens is 23. The van der Waals surface area contributed by atoms with E-state index in [2.05, 4.69) is 11.3 Å². The molecule has 0 aliphatic heterocycles. The Bertz CT molecular complexity index is 1050. The van der Waals surface area contributed by atoms with Gasteiger partial charge in [-0.1, -0.05) is 6.58 Å². The number of alkyl halides is 23. The molecule has 0 aromatic heterocycles. The summed E-state index contributed by atoms with van der Waals surface area (Å²) in [6.07, 6.45) is -7.64. The number of rotatable bonds is 7. The van der Waals surface area contributed by atoms with Crippen molar-refractivity contribution >= 4 is 5.97 Å². The van der Waals surface area contributed by atoms with Crippen molar-refractivity contribution in [1.82, 2.24) is 0 Å². The average Bonchev–Trinajstić information content (AvgIpc) is 2.76. The summed E-state index contributed by atoms with van der Waals surface area (Å²) in [5.74, 6) is -95.2. The predicted octanol–water partition coefficient (Wildman–Crippen LogP) is 7.77. The third-order valence-electron chi connectivity index (χ3n) is 5.39. The standard InChI is InChI=1S/C16H5F23O2/c1-3(2)4(40)41-16(38,39)15(36,37)14(34,35)11(28,29)8(22,23)5(17)6(18,19)9(24,25)12(30,31)13(32,33)10(26,27)7(5,20)21/h1H2,2H3. The highest BCUT2D eigenvalue weighted by molar-refractivity contribution is 5.87. The van der Waals surface area contributed by atoms with Crippen molar-refractivity contribution in [3.63, 3.8) is 0 Å². The minimum Gasteiger partial charge on any atom is -0.393 e. The molecule has 0 radical (unpaired) electrons. The van der Waals surface area contributed by atoms with Crippen LogP contribution in [0.2, 0.25) is 0 Å². The molecule has 0 spiro atoms. The van der Waals surface area contributed by atoms with E-state index in [0.717, 1.165) is 0 Å². The Hall–Kier alpha value is -2.40. The zero-order valence-electron chi connectivity index (χ0n) is 18.2. The van der Waals surface area contributed by atoms with E-state index in [4.69, 9.17) is 0 Å². The molecule has 0 N–H and O–H groups in total. The van der Waals surface area contributed by atoms with Crippen molar-refractivity contribution in [1.29, 1.82) is 0 Å². The molecule has 242 valence electrons. The molecular weight excluding hydrogens is 661 g/mol. The lowest BCUT2D eigenvalue weighted by atomic mass is 9.75. The van der Waals surface area contributed by atoms with E-state index in [0.29, 0.717) is 0 Å². The molecule has 0 atom stereocenters. The summed E-state index contributed by atoms with van der Waals surface area (Å²) in [5, 5.41) is 0. The minimum absolute atomic E-state index is 0.215. The van der Waals surface area contributed by atoms with Gasteiger partial charge in [-0.15, -0.1) is 0 Å². The van der Waals surface area contributed by atoms with E-state index in [9.17, 15) is 106 Å². The first kappa shape index (κ1) is 36.6. The summed E-state index contributed by atoms with van der Waals surface area (Å²) in [4.78, 5) is 10.9. The fraction of sp³-hybridized carbons (Fsp3) is 0.812. The molecule has 0 aromatic rings. The van der Waals surface area contributed by atoms with E-state index in [1.807, 2.05) is 0 Å². The van der Waals surface area contributed by atoms with Crippen LogP contribution in [0.3, 0.4) is 0 Å². The molecule has 0 bridgehead atoms. The number of hydrogen-bond donors (Lipinski definition) is 0. The zero-order chi connectivity index (χ0) is 33.9. The Morgan fingerprint density at radius 2 is 0.780 bits per heavy atom. The number of hydrogen-bond acceptors (Lipinski definition) is 2. The second kappa shape index (κ2) is 8.58. The molecule has 1 aliphatic rings. The fourth-order valence-corrected chi connectivity index (χ4v) is 2.87. The number of carbonyl (C=O) groups excluding carboxylic acids is 1. The largest absolute Gasteiger partial charge is 0.473 e. The van der Waals surface area contributed by atoms with Crippen molar-refractivity contribution in [3.05, 3.63) is 12.2 Å². The van der Waals surface area contributed by atoms with E-state index < -0.39 is 82.5 Å². The SMILES string of the molecule is C=C(C)C(=O)OC(F)(F)C(F)(F)C(F)(F)C(F)(F)C(F)(F)C1(F)C(F)(F)C(F)(F)C(F)(F)C(F)(F)C(F)(F)C1(F)F. The van der Waals surface area contributed by atoms with Crippen LogP contribution < -0.4 is 0 Å². The smallest absolute Gasteiger partial charge is 0.393 e. The van der Waals surface area contributed by atoms with E-state index in [1.165, 1.54) is 0 Å². The van der Waals surface area contributed by atoms with Crippen molar-refractivity contribution in [2.75, 3.05) is 0 Å². The van der Waals surface area contributed by atoms with Crippen LogP contribution in [-0.4, -0.2) is 77.0 Å². The Balaban J connectivity index is 4.27. The molecule has 0 heterocycles. The monoisotopic (exact) mass is 666 g/mol. The second-order valence-corrected chi connectivity index (χ2v) is 8.09. The topological polar surface area (TPSA) is 26.3 Å². The van der Waals surface area contributed by atoms with Crippen LogP contribution in [0.5, 0.6) is 0 Å². The third-order valence-corrected chi connectivity index (χ3v) is 5.39. The predicted molar refractivity (Wildman–Crippen MR) is 79.2 cm³/mol. The van der Waals surface area contributed by atoms with Crippen molar-refractivity contribution < 1.29 is 111 Å². The van der Waals surface area contributed by atoms with Gasteiger partial charge in [0.25, 0.3) is 0 Å². The lowest BCUT2D eigenvalue weighted by molar-refractivity contribution is -0.476. The summed E-state index contributed by atoms with van der Waals surface area (Å²) < 4.78 is 319. The van der Waals surface area contributed by atoms with Crippen LogP contribution >= 0.6 is 0 Å². The number of ether oxygens (including phenoxy) is 1. The van der Waals surface area contributed by atoms with Crippen molar-refractivity contribution in [3.8, 4) is 0 Å². The van der Waals surface area contributed by atoms with Gasteiger partial charge in [0.05, 0.1) is 0 Å². The average molecular weight is 666 g/mol. The fourth-order valence-electron chi connectivity index (χ4n) is 2.87. The van der Waals surface area contributed by atoms with Crippen LogP contribution in [0, 0.1) is 0 Å². The molecule has 0 amide bonds. The van der Waals surface area contributed by atoms with Gasteiger partial charge in [0.15, 0.2) is 0 Å². The van der Waals surface area contributed by atoms with Crippen molar-refractivity contribution in [2.24, 2.45) is 0 Å². The Morgan fingerprint density at radius 3 is 1.05 bits per heavy atom.